The molecule has 0 aromatic rings. The number of carbonyl (C=O) groups excluding carboxylic acids is 1. The van der Waals surface area contributed by atoms with Crippen molar-refractivity contribution < 1.29 is 9.53 Å². The average Bonchev–Trinajstić information content (AvgIpc) is 2.37. The van der Waals surface area contributed by atoms with Crippen molar-refractivity contribution in [2.24, 2.45) is 5.73 Å². The van der Waals surface area contributed by atoms with Gasteiger partial charge in [0.25, 0.3) is 0 Å². The molecule has 0 rings (SSSR count). The van der Waals surface area contributed by atoms with Gasteiger partial charge in [0.05, 0.1) is 5.54 Å². The summed E-state index contributed by atoms with van der Waals surface area (Å²) in [5.41, 5.74) is 4.83. The third-order valence-corrected chi connectivity index (χ3v) is 3.47. The highest BCUT2D eigenvalue weighted by molar-refractivity contribution is 5.84. The maximum Gasteiger partial charge on any atom is 0.237 e. The van der Waals surface area contributed by atoms with Gasteiger partial charge in [-0.05, 0) is 32.7 Å². The number of amides is 1. The predicted octanol–water partition coefficient (Wildman–Crippen LogP) is 2.61. The van der Waals surface area contributed by atoms with Crippen LogP contribution in [-0.2, 0) is 9.53 Å². The monoisotopic (exact) mass is 272 g/mol. The lowest BCUT2D eigenvalue weighted by Crippen LogP contribution is -2.53. The van der Waals surface area contributed by atoms with Gasteiger partial charge in [0.15, 0.2) is 0 Å². The first-order chi connectivity index (χ1) is 9.06. The molecule has 1 unspecified atom stereocenters. The van der Waals surface area contributed by atoms with Crippen molar-refractivity contribution in [1.29, 1.82) is 0 Å². The van der Waals surface area contributed by atoms with Crippen LogP contribution in [0.1, 0.15) is 65.7 Å². The maximum atomic E-state index is 11.4. The van der Waals surface area contributed by atoms with E-state index < -0.39 is 5.54 Å². The van der Waals surface area contributed by atoms with E-state index in [9.17, 15) is 4.79 Å². The van der Waals surface area contributed by atoms with Gasteiger partial charge in [-0.3, -0.25) is 4.79 Å². The van der Waals surface area contributed by atoms with Crippen molar-refractivity contribution in [3.05, 3.63) is 0 Å². The summed E-state index contributed by atoms with van der Waals surface area (Å²) in [6, 6.07) is 0. The molecule has 3 N–H and O–H groups in total. The molecule has 4 nitrogen and oxygen atoms in total. The second kappa shape index (κ2) is 11.2. The van der Waals surface area contributed by atoms with Gasteiger partial charge in [-0.2, -0.15) is 0 Å². The lowest BCUT2D eigenvalue weighted by Gasteiger charge is -2.26. The van der Waals surface area contributed by atoms with Gasteiger partial charge < -0.3 is 15.8 Å². The molecule has 0 saturated heterocycles. The maximum absolute atomic E-state index is 11.4. The first kappa shape index (κ1) is 18.4. The Morgan fingerprint density at radius 2 is 1.74 bits per heavy atom. The molecule has 0 aromatic heterocycles. The molecule has 0 aliphatic rings. The Labute approximate surface area is 118 Å². The van der Waals surface area contributed by atoms with Crippen molar-refractivity contribution in [1.82, 2.24) is 5.32 Å². The molecule has 0 radical (unpaired) electrons. The van der Waals surface area contributed by atoms with E-state index in [1.165, 1.54) is 25.7 Å². The summed E-state index contributed by atoms with van der Waals surface area (Å²) >= 11 is 0. The zero-order valence-electron chi connectivity index (χ0n) is 13.0. The van der Waals surface area contributed by atoms with E-state index in [1.54, 1.807) is 0 Å². The van der Waals surface area contributed by atoms with E-state index in [2.05, 4.69) is 12.2 Å². The third-order valence-electron chi connectivity index (χ3n) is 3.47. The molecule has 0 aliphatic carbocycles. The van der Waals surface area contributed by atoms with Gasteiger partial charge in [-0.15, -0.1) is 0 Å². The molecule has 0 bridgehead atoms. The Balaban J connectivity index is 3.53. The molecule has 1 amide bonds. The SMILES string of the molecule is CCCCCCCOCCCC(C)(NCC)C(N)=O. The molecule has 0 aromatic carbocycles. The van der Waals surface area contributed by atoms with E-state index >= 15 is 0 Å². The fourth-order valence-electron chi connectivity index (χ4n) is 2.13. The van der Waals surface area contributed by atoms with E-state index in [-0.39, 0.29) is 5.91 Å². The standard InChI is InChI=1S/C15H32N2O2/c1-4-6-7-8-9-12-19-13-10-11-15(3,14(16)18)17-5-2/h17H,4-13H2,1-3H3,(H2,16,18). The molecule has 0 saturated carbocycles. The second-order valence-electron chi connectivity index (χ2n) is 5.36. The quantitative estimate of drug-likeness (QED) is 0.507. The average molecular weight is 272 g/mol. The summed E-state index contributed by atoms with van der Waals surface area (Å²) in [6.45, 7) is 8.35. The van der Waals surface area contributed by atoms with Gasteiger partial charge in [-0.25, -0.2) is 0 Å². The van der Waals surface area contributed by atoms with Crippen LogP contribution in [0, 0.1) is 0 Å². The Bertz CT molecular complexity index is 234. The molecular weight excluding hydrogens is 240 g/mol. The fourth-order valence-corrected chi connectivity index (χ4v) is 2.13. The smallest absolute Gasteiger partial charge is 0.237 e. The number of ether oxygens (including phenoxy) is 1. The molecule has 4 heteroatoms. The summed E-state index contributed by atoms with van der Waals surface area (Å²) in [4.78, 5) is 11.4. The number of hydrogen-bond donors (Lipinski definition) is 2. The van der Waals surface area contributed by atoms with E-state index in [1.807, 2.05) is 13.8 Å². The lowest BCUT2D eigenvalue weighted by atomic mass is 9.95. The minimum Gasteiger partial charge on any atom is -0.381 e. The van der Waals surface area contributed by atoms with Crippen LogP contribution in [0.4, 0.5) is 0 Å². The van der Waals surface area contributed by atoms with Gasteiger partial charge in [0.2, 0.25) is 5.91 Å². The molecule has 0 heterocycles. The van der Waals surface area contributed by atoms with Crippen LogP contribution in [0.2, 0.25) is 0 Å². The zero-order chi connectivity index (χ0) is 14.6. The number of primary amides is 1. The first-order valence-corrected chi connectivity index (χ1v) is 7.69. The van der Waals surface area contributed by atoms with Crippen molar-refractivity contribution in [3.8, 4) is 0 Å². The normalized spacial score (nSPS) is 14.3. The van der Waals surface area contributed by atoms with Crippen LogP contribution >= 0.6 is 0 Å². The largest absolute Gasteiger partial charge is 0.381 e. The molecule has 0 spiro atoms. The zero-order valence-corrected chi connectivity index (χ0v) is 13.0. The Morgan fingerprint density at radius 1 is 1.11 bits per heavy atom. The van der Waals surface area contributed by atoms with Crippen LogP contribution in [0.5, 0.6) is 0 Å². The molecular formula is C15H32N2O2. The van der Waals surface area contributed by atoms with Crippen molar-refractivity contribution >= 4 is 5.91 Å². The number of nitrogens with two attached hydrogens (primary N) is 1. The number of hydrogen-bond acceptors (Lipinski definition) is 3. The minimum absolute atomic E-state index is 0.283. The Hall–Kier alpha value is -0.610. The van der Waals surface area contributed by atoms with E-state index in [0.29, 0.717) is 6.61 Å². The summed E-state index contributed by atoms with van der Waals surface area (Å²) in [5.74, 6) is -0.283. The third kappa shape index (κ3) is 9.00. The first-order valence-electron chi connectivity index (χ1n) is 7.69. The summed E-state index contributed by atoms with van der Waals surface area (Å²) in [7, 11) is 0. The lowest BCUT2D eigenvalue weighted by molar-refractivity contribution is -0.124. The molecule has 0 fully saturated rings. The number of likely N-dealkylation sites (N-methyl/N-ethyl adjacent to an activating group) is 1. The molecule has 114 valence electrons. The highest BCUT2D eigenvalue weighted by atomic mass is 16.5. The van der Waals surface area contributed by atoms with Crippen LogP contribution in [0.25, 0.3) is 0 Å². The van der Waals surface area contributed by atoms with Crippen LogP contribution in [0.3, 0.4) is 0 Å². The summed E-state index contributed by atoms with van der Waals surface area (Å²) in [6.07, 6.45) is 7.88. The van der Waals surface area contributed by atoms with Crippen molar-refractivity contribution in [2.75, 3.05) is 19.8 Å². The number of carbonyl (C=O) groups is 1. The number of unbranched alkanes of at least 4 members (excludes halogenated alkanes) is 4. The highest BCUT2D eigenvalue weighted by Gasteiger charge is 2.28. The number of nitrogens with one attached hydrogen (secondary N) is 1. The molecule has 0 aliphatic heterocycles. The van der Waals surface area contributed by atoms with E-state index in [0.717, 1.165) is 32.4 Å². The van der Waals surface area contributed by atoms with Crippen LogP contribution in [0.15, 0.2) is 0 Å². The minimum atomic E-state index is -0.598. The topological polar surface area (TPSA) is 64.3 Å². The van der Waals surface area contributed by atoms with Crippen LogP contribution < -0.4 is 11.1 Å². The second-order valence-corrected chi connectivity index (χ2v) is 5.36. The summed E-state index contributed by atoms with van der Waals surface area (Å²) < 4.78 is 5.59. The van der Waals surface area contributed by atoms with Gasteiger partial charge in [-0.1, -0.05) is 39.5 Å². The number of rotatable bonds is 13. The Kier molecular flexibility index (Phi) is 10.9. The van der Waals surface area contributed by atoms with Crippen molar-refractivity contribution in [2.45, 2.75) is 71.3 Å². The Morgan fingerprint density at radius 3 is 2.32 bits per heavy atom. The predicted molar refractivity (Wildman–Crippen MR) is 80.1 cm³/mol. The van der Waals surface area contributed by atoms with Gasteiger partial charge >= 0.3 is 0 Å². The van der Waals surface area contributed by atoms with Gasteiger partial charge in [0, 0.05) is 13.2 Å². The fraction of sp³-hybridized carbons (Fsp3) is 0.933. The van der Waals surface area contributed by atoms with Gasteiger partial charge in [0.1, 0.15) is 0 Å². The van der Waals surface area contributed by atoms with Crippen molar-refractivity contribution in [3.63, 3.8) is 0 Å². The molecule has 19 heavy (non-hydrogen) atoms. The highest BCUT2D eigenvalue weighted by Crippen LogP contribution is 2.12. The molecule has 1 atom stereocenters. The van der Waals surface area contributed by atoms with E-state index in [4.69, 9.17) is 10.5 Å². The summed E-state index contributed by atoms with van der Waals surface area (Å²) in [5, 5.41) is 3.15. The van der Waals surface area contributed by atoms with Crippen LogP contribution in [-0.4, -0.2) is 31.2 Å².